The molecule has 1 atom stereocenters. The van der Waals surface area contributed by atoms with Crippen LogP contribution in [-0.4, -0.2) is 65.6 Å². The molecule has 0 spiro atoms. The number of aryl methyl sites for hydroxylation is 1. The van der Waals surface area contributed by atoms with E-state index in [4.69, 9.17) is 4.74 Å². The van der Waals surface area contributed by atoms with Crippen LogP contribution in [0.3, 0.4) is 0 Å². The van der Waals surface area contributed by atoms with Gasteiger partial charge in [-0.1, -0.05) is 11.8 Å². The maximum atomic E-state index is 12.9. The van der Waals surface area contributed by atoms with Crippen LogP contribution in [0.25, 0.3) is 10.9 Å². The molecule has 1 saturated heterocycles. The monoisotopic (exact) mass is 470 g/mol. The number of carbonyl (C=O) groups is 2. The average Bonchev–Trinajstić information content (AvgIpc) is 3.32. The number of benzene rings is 1. The van der Waals surface area contributed by atoms with Gasteiger partial charge >= 0.3 is 0 Å². The lowest BCUT2D eigenvalue weighted by Gasteiger charge is -2.29. The summed E-state index contributed by atoms with van der Waals surface area (Å²) >= 11 is 2.81. The van der Waals surface area contributed by atoms with Crippen LogP contribution in [-0.2, 0) is 4.79 Å². The number of ketones is 1. The van der Waals surface area contributed by atoms with Gasteiger partial charge in [0.2, 0.25) is 5.91 Å². The van der Waals surface area contributed by atoms with E-state index in [2.05, 4.69) is 15.3 Å². The van der Waals surface area contributed by atoms with Gasteiger partial charge in [0, 0.05) is 36.4 Å². The molecule has 0 bridgehead atoms. The number of Topliss-reactive ketones (excluding diaryl/α,β-unsaturated/α-hetero) is 1. The van der Waals surface area contributed by atoms with Gasteiger partial charge in [0.25, 0.3) is 0 Å². The lowest BCUT2D eigenvalue weighted by atomic mass is 10.1. The highest BCUT2D eigenvalue weighted by atomic mass is 32.2. The minimum absolute atomic E-state index is 0.0281. The fourth-order valence-electron chi connectivity index (χ4n) is 3.65. The number of thiophene rings is 1. The number of amides is 1. The molecule has 3 heterocycles. The van der Waals surface area contributed by atoms with Gasteiger partial charge < -0.3 is 15.0 Å². The summed E-state index contributed by atoms with van der Waals surface area (Å²) in [6.45, 7) is 6.88. The first-order valence-electron chi connectivity index (χ1n) is 10.5. The van der Waals surface area contributed by atoms with Crippen molar-refractivity contribution in [3.63, 3.8) is 0 Å². The molecule has 0 saturated carbocycles. The highest BCUT2D eigenvalue weighted by molar-refractivity contribution is 8.00. The number of methoxy groups -OCH3 is 1. The molecule has 3 aromatic rings. The largest absolute Gasteiger partial charge is 0.497 e. The fraction of sp³-hybridized carbons (Fsp3) is 0.391. The molecule has 0 radical (unpaired) electrons. The van der Waals surface area contributed by atoms with Crippen molar-refractivity contribution in [2.45, 2.75) is 24.8 Å². The van der Waals surface area contributed by atoms with Crippen molar-refractivity contribution in [3.05, 3.63) is 45.9 Å². The second-order valence-electron chi connectivity index (χ2n) is 7.67. The summed E-state index contributed by atoms with van der Waals surface area (Å²) in [5.74, 6) is 1.57. The standard InChI is InChI=1S/C23H26N4O3S2/c1-14(23(29)27-10-8-24-9-11-27)20-6-7-21(32-20)19(28)13-31-22-17-12-16(30-3)4-5-18(17)25-15(2)26-22/h4-7,12,14,24H,8-11,13H2,1-3H3. The molecule has 7 nitrogen and oxygen atoms in total. The third-order valence-electron chi connectivity index (χ3n) is 5.45. The summed E-state index contributed by atoms with van der Waals surface area (Å²) in [6, 6.07) is 9.40. The molecule has 168 valence electrons. The molecule has 0 aliphatic carbocycles. The van der Waals surface area contributed by atoms with Gasteiger partial charge in [-0.2, -0.15) is 0 Å². The minimum Gasteiger partial charge on any atom is -0.497 e. The molecule has 1 unspecified atom stereocenters. The molecule has 1 fully saturated rings. The lowest BCUT2D eigenvalue weighted by Crippen LogP contribution is -2.47. The molecule has 1 aliphatic rings. The van der Waals surface area contributed by atoms with Crippen molar-refractivity contribution in [1.82, 2.24) is 20.2 Å². The zero-order chi connectivity index (χ0) is 22.7. The zero-order valence-corrected chi connectivity index (χ0v) is 20.0. The van der Waals surface area contributed by atoms with Gasteiger partial charge in [-0.3, -0.25) is 9.59 Å². The predicted octanol–water partition coefficient (Wildman–Crippen LogP) is 3.52. The molecular formula is C23H26N4O3S2. The Morgan fingerprint density at radius 3 is 2.75 bits per heavy atom. The molecular weight excluding hydrogens is 444 g/mol. The van der Waals surface area contributed by atoms with Gasteiger partial charge in [-0.15, -0.1) is 11.3 Å². The van der Waals surface area contributed by atoms with Gasteiger partial charge in [-0.05, 0) is 44.2 Å². The Hall–Kier alpha value is -2.49. The summed E-state index contributed by atoms with van der Waals surface area (Å²) in [5.41, 5.74) is 0.826. The highest BCUT2D eigenvalue weighted by Crippen LogP contribution is 2.31. The number of thioether (sulfide) groups is 1. The van der Waals surface area contributed by atoms with Gasteiger partial charge in [0.05, 0.1) is 29.2 Å². The quantitative estimate of drug-likeness (QED) is 0.321. The van der Waals surface area contributed by atoms with E-state index in [1.165, 1.54) is 23.1 Å². The number of rotatable bonds is 7. The Labute approximate surface area is 195 Å². The lowest BCUT2D eigenvalue weighted by molar-refractivity contribution is -0.132. The Morgan fingerprint density at radius 2 is 2.00 bits per heavy atom. The maximum absolute atomic E-state index is 12.9. The van der Waals surface area contributed by atoms with E-state index < -0.39 is 0 Å². The summed E-state index contributed by atoms with van der Waals surface area (Å²) in [5, 5.41) is 4.89. The molecule has 32 heavy (non-hydrogen) atoms. The average molecular weight is 471 g/mol. The van der Waals surface area contributed by atoms with Crippen molar-refractivity contribution in [3.8, 4) is 5.75 Å². The number of fused-ring (bicyclic) bond motifs is 1. The van der Waals surface area contributed by atoms with E-state index in [0.29, 0.717) is 10.7 Å². The third kappa shape index (κ3) is 4.95. The smallest absolute Gasteiger partial charge is 0.230 e. The van der Waals surface area contributed by atoms with E-state index >= 15 is 0 Å². The number of hydrogen-bond donors (Lipinski definition) is 1. The number of nitrogens with zero attached hydrogens (tertiary/aromatic N) is 3. The van der Waals surface area contributed by atoms with Gasteiger partial charge in [-0.25, -0.2) is 9.97 Å². The number of ether oxygens (including phenoxy) is 1. The van der Waals surface area contributed by atoms with Crippen molar-refractivity contribution >= 4 is 45.7 Å². The van der Waals surface area contributed by atoms with Gasteiger partial charge in [0.1, 0.15) is 16.6 Å². The summed E-state index contributed by atoms with van der Waals surface area (Å²) in [7, 11) is 1.62. The fourth-order valence-corrected chi connectivity index (χ4v) is 5.67. The maximum Gasteiger partial charge on any atom is 0.230 e. The Morgan fingerprint density at radius 1 is 1.22 bits per heavy atom. The van der Waals surface area contributed by atoms with Crippen molar-refractivity contribution < 1.29 is 14.3 Å². The van der Waals surface area contributed by atoms with Crippen LogP contribution in [0, 0.1) is 6.92 Å². The van der Waals surface area contributed by atoms with Crippen molar-refractivity contribution in [2.75, 3.05) is 39.0 Å². The van der Waals surface area contributed by atoms with Crippen LogP contribution in [0.4, 0.5) is 0 Å². The predicted molar refractivity (Wildman–Crippen MR) is 128 cm³/mol. The van der Waals surface area contributed by atoms with E-state index in [0.717, 1.165) is 52.7 Å². The number of piperazine rings is 1. The van der Waals surface area contributed by atoms with Crippen LogP contribution in [0.5, 0.6) is 5.75 Å². The summed E-state index contributed by atoms with van der Waals surface area (Å²) in [6.07, 6.45) is 0. The van der Waals surface area contributed by atoms with Crippen LogP contribution in [0.15, 0.2) is 35.4 Å². The summed E-state index contributed by atoms with van der Waals surface area (Å²) in [4.78, 5) is 38.2. The van der Waals surface area contributed by atoms with Crippen LogP contribution in [0.2, 0.25) is 0 Å². The first-order chi connectivity index (χ1) is 15.5. The second-order valence-corrected chi connectivity index (χ2v) is 9.75. The first kappa shape index (κ1) is 22.7. The van der Waals surface area contributed by atoms with Crippen molar-refractivity contribution in [1.29, 1.82) is 0 Å². The van der Waals surface area contributed by atoms with Crippen molar-refractivity contribution in [2.24, 2.45) is 0 Å². The summed E-state index contributed by atoms with van der Waals surface area (Å²) < 4.78 is 5.33. The van der Waals surface area contributed by atoms with Crippen LogP contribution >= 0.6 is 23.1 Å². The number of hydrogen-bond acceptors (Lipinski definition) is 8. The molecule has 1 aliphatic heterocycles. The number of aromatic nitrogens is 2. The minimum atomic E-state index is -0.242. The van der Waals surface area contributed by atoms with Gasteiger partial charge in [0.15, 0.2) is 5.78 Å². The second kappa shape index (κ2) is 9.97. The Balaban J connectivity index is 1.45. The molecule has 1 N–H and O–H groups in total. The third-order valence-corrected chi connectivity index (χ3v) is 7.75. The van der Waals surface area contributed by atoms with Crippen LogP contribution in [0.1, 0.15) is 33.2 Å². The molecule has 9 heteroatoms. The molecule has 4 rings (SSSR count). The SMILES string of the molecule is COc1ccc2nc(C)nc(SCC(=O)c3ccc(C(C)C(=O)N4CCNCC4)s3)c2c1. The van der Waals surface area contributed by atoms with E-state index in [9.17, 15) is 9.59 Å². The number of carbonyl (C=O) groups excluding carboxylic acids is 2. The zero-order valence-electron chi connectivity index (χ0n) is 18.4. The van der Waals surface area contributed by atoms with Crippen LogP contribution < -0.4 is 10.1 Å². The molecule has 1 aromatic carbocycles. The molecule has 2 aromatic heterocycles. The Kier molecular flexibility index (Phi) is 7.07. The Bertz CT molecular complexity index is 1140. The molecule has 1 amide bonds. The van der Waals surface area contributed by atoms with E-state index in [-0.39, 0.29) is 23.4 Å². The normalized spacial score (nSPS) is 15.0. The van der Waals surface area contributed by atoms with E-state index in [1.807, 2.05) is 49.1 Å². The van der Waals surface area contributed by atoms with E-state index in [1.54, 1.807) is 7.11 Å². The number of nitrogens with one attached hydrogen (secondary N) is 1. The topological polar surface area (TPSA) is 84.4 Å². The first-order valence-corrected chi connectivity index (χ1v) is 12.3. The highest BCUT2D eigenvalue weighted by Gasteiger charge is 2.25.